The van der Waals surface area contributed by atoms with Gasteiger partial charge in [-0.1, -0.05) is 0 Å². The number of carbonyl (C=O) groups is 2. The number of amides is 1. The topological polar surface area (TPSA) is 55.8 Å². The summed E-state index contributed by atoms with van der Waals surface area (Å²) in [5.74, 6) is 0.173. The molecule has 0 aromatic heterocycles. The van der Waals surface area contributed by atoms with Gasteiger partial charge in [0.1, 0.15) is 11.4 Å². The molecule has 1 rings (SSSR count). The summed E-state index contributed by atoms with van der Waals surface area (Å²) < 4.78 is 10.3. The number of rotatable bonds is 4. The minimum Gasteiger partial charge on any atom is -0.444 e. The molecule has 1 fully saturated rings. The van der Waals surface area contributed by atoms with Crippen LogP contribution in [0.25, 0.3) is 0 Å². The van der Waals surface area contributed by atoms with Gasteiger partial charge in [-0.25, -0.2) is 4.79 Å². The van der Waals surface area contributed by atoms with E-state index >= 15 is 0 Å². The van der Waals surface area contributed by atoms with Gasteiger partial charge in [0.25, 0.3) is 0 Å². The van der Waals surface area contributed by atoms with E-state index in [1.807, 2.05) is 20.8 Å². The zero-order valence-electron chi connectivity index (χ0n) is 12.4. The predicted molar refractivity (Wildman–Crippen MR) is 72.0 cm³/mol. The molecular formula is C14H25NO4. The van der Waals surface area contributed by atoms with Crippen molar-refractivity contribution in [3.63, 3.8) is 0 Å². The molecule has 0 aliphatic carbocycles. The monoisotopic (exact) mass is 271 g/mol. The summed E-state index contributed by atoms with van der Waals surface area (Å²) in [6.07, 6.45) is 1.72. The van der Waals surface area contributed by atoms with Crippen molar-refractivity contribution >= 4 is 11.9 Å². The number of likely N-dealkylation sites (tertiary alicyclic amines) is 1. The van der Waals surface area contributed by atoms with E-state index in [4.69, 9.17) is 9.47 Å². The number of ketones is 1. The second-order valence-corrected chi connectivity index (χ2v) is 5.97. The van der Waals surface area contributed by atoms with E-state index in [-0.39, 0.29) is 17.8 Å². The smallest absolute Gasteiger partial charge is 0.410 e. The molecule has 1 aliphatic rings. The Hall–Kier alpha value is -1.10. The summed E-state index contributed by atoms with van der Waals surface area (Å²) in [5.41, 5.74) is -0.496. The average molecular weight is 271 g/mol. The first-order valence-corrected chi connectivity index (χ1v) is 6.83. The first-order valence-electron chi connectivity index (χ1n) is 6.83. The summed E-state index contributed by atoms with van der Waals surface area (Å²) in [6, 6.07) is 0. The molecule has 5 nitrogen and oxygen atoms in total. The molecule has 0 N–H and O–H groups in total. The second kappa shape index (κ2) is 6.89. The highest BCUT2D eigenvalue weighted by Gasteiger charge is 2.31. The molecule has 1 heterocycles. The fourth-order valence-electron chi connectivity index (χ4n) is 2.13. The van der Waals surface area contributed by atoms with Crippen LogP contribution in [0.4, 0.5) is 4.79 Å². The Morgan fingerprint density at radius 1 is 1.42 bits per heavy atom. The molecule has 0 spiro atoms. The molecule has 19 heavy (non-hydrogen) atoms. The Kier molecular flexibility index (Phi) is 5.79. The molecule has 1 saturated heterocycles. The lowest BCUT2D eigenvalue weighted by Gasteiger charge is -2.33. The Morgan fingerprint density at radius 2 is 2.11 bits per heavy atom. The fraction of sp³-hybridized carbons (Fsp3) is 0.857. The SMILES string of the molecule is COCCCC1CN(C(=O)OC(C)(C)C)CCC1=O. The van der Waals surface area contributed by atoms with Gasteiger partial charge in [0.05, 0.1) is 0 Å². The number of hydrogen-bond donors (Lipinski definition) is 0. The summed E-state index contributed by atoms with van der Waals surface area (Å²) >= 11 is 0. The van der Waals surface area contributed by atoms with Gasteiger partial charge in [-0.2, -0.15) is 0 Å². The standard InChI is InChI=1S/C14H25NO4/c1-14(2,3)19-13(17)15-8-7-12(16)11(10-15)6-5-9-18-4/h11H,5-10H2,1-4H3. The highest BCUT2D eigenvalue weighted by molar-refractivity contribution is 5.84. The molecule has 5 heteroatoms. The van der Waals surface area contributed by atoms with Crippen molar-refractivity contribution in [1.82, 2.24) is 4.90 Å². The number of ether oxygens (including phenoxy) is 2. The Bertz CT molecular complexity index is 322. The third kappa shape index (κ3) is 5.59. The zero-order valence-corrected chi connectivity index (χ0v) is 12.4. The van der Waals surface area contributed by atoms with E-state index in [1.165, 1.54) is 0 Å². The molecule has 1 atom stereocenters. The average Bonchev–Trinajstić information content (AvgIpc) is 2.29. The predicted octanol–water partition coefficient (Wildman–Crippen LogP) is 2.24. The van der Waals surface area contributed by atoms with Crippen LogP contribution in [-0.2, 0) is 14.3 Å². The van der Waals surface area contributed by atoms with Gasteiger partial charge in [-0.15, -0.1) is 0 Å². The third-order valence-electron chi connectivity index (χ3n) is 3.08. The molecule has 0 radical (unpaired) electrons. The minimum absolute atomic E-state index is 0.0728. The van der Waals surface area contributed by atoms with Crippen LogP contribution in [0, 0.1) is 5.92 Å². The van der Waals surface area contributed by atoms with Gasteiger partial charge in [-0.3, -0.25) is 4.79 Å². The van der Waals surface area contributed by atoms with E-state index in [2.05, 4.69) is 0 Å². The normalized spacial score (nSPS) is 20.5. The van der Waals surface area contributed by atoms with Crippen LogP contribution in [0.2, 0.25) is 0 Å². The van der Waals surface area contributed by atoms with Gasteiger partial charge in [-0.05, 0) is 33.6 Å². The lowest BCUT2D eigenvalue weighted by molar-refractivity contribution is -0.126. The van der Waals surface area contributed by atoms with Crippen molar-refractivity contribution in [3.8, 4) is 0 Å². The maximum absolute atomic E-state index is 12.0. The Labute approximate surface area is 115 Å². The first-order chi connectivity index (χ1) is 8.83. The number of methoxy groups -OCH3 is 1. The Morgan fingerprint density at radius 3 is 2.68 bits per heavy atom. The molecule has 1 aliphatic heterocycles. The van der Waals surface area contributed by atoms with E-state index in [0.29, 0.717) is 26.1 Å². The maximum atomic E-state index is 12.0. The van der Waals surface area contributed by atoms with Gasteiger partial charge < -0.3 is 14.4 Å². The highest BCUT2D eigenvalue weighted by atomic mass is 16.6. The summed E-state index contributed by atoms with van der Waals surface area (Å²) in [6.45, 7) is 7.12. The van der Waals surface area contributed by atoms with Crippen LogP contribution in [-0.4, -0.2) is 49.2 Å². The van der Waals surface area contributed by atoms with Gasteiger partial charge >= 0.3 is 6.09 Å². The number of nitrogens with zero attached hydrogens (tertiary/aromatic N) is 1. The molecule has 1 amide bonds. The number of carbonyl (C=O) groups excluding carboxylic acids is 2. The zero-order chi connectivity index (χ0) is 14.5. The Balaban J connectivity index is 2.49. The quantitative estimate of drug-likeness (QED) is 0.736. The van der Waals surface area contributed by atoms with Crippen molar-refractivity contribution < 1.29 is 19.1 Å². The summed E-state index contributed by atoms with van der Waals surface area (Å²) in [4.78, 5) is 25.4. The summed E-state index contributed by atoms with van der Waals surface area (Å²) in [7, 11) is 1.65. The summed E-state index contributed by atoms with van der Waals surface area (Å²) in [5, 5.41) is 0. The van der Waals surface area contributed by atoms with E-state index in [1.54, 1.807) is 12.0 Å². The maximum Gasteiger partial charge on any atom is 0.410 e. The van der Waals surface area contributed by atoms with Crippen LogP contribution < -0.4 is 0 Å². The molecule has 1 unspecified atom stereocenters. The van der Waals surface area contributed by atoms with Gasteiger partial charge in [0, 0.05) is 39.1 Å². The highest BCUT2D eigenvalue weighted by Crippen LogP contribution is 2.20. The molecule has 0 bridgehead atoms. The van der Waals surface area contributed by atoms with E-state index in [9.17, 15) is 9.59 Å². The van der Waals surface area contributed by atoms with Crippen LogP contribution in [0.1, 0.15) is 40.0 Å². The number of hydrogen-bond acceptors (Lipinski definition) is 4. The largest absolute Gasteiger partial charge is 0.444 e. The second-order valence-electron chi connectivity index (χ2n) is 5.97. The fourth-order valence-corrected chi connectivity index (χ4v) is 2.13. The molecule has 110 valence electrons. The molecule has 0 aromatic rings. The molecule has 0 saturated carbocycles. The van der Waals surface area contributed by atoms with E-state index in [0.717, 1.165) is 12.8 Å². The van der Waals surface area contributed by atoms with Crippen LogP contribution in [0.5, 0.6) is 0 Å². The van der Waals surface area contributed by atoms with E-state index < -0.39 is 5.60 Å². The third-order valence-corrected chi connectivity index (χ3v) is 3.08. The van der Waals surface area contributed by atoms with Gasteiger partial charge in [0.15, 0.2) is 0 Å². The van der Waals surface area contributed by atoms with Crippen molar-refractivity contribution in [2.24, 2.45) is 5.92 Å². The van der Waals surface area contributed by atoms with Crippen molar-refractivity contribution in [3.05, 3.63) is 0 Å². The van der Waals surface area contributed by atoms with Crippen molar-refractivity contribution in [1.29, 1.82) is 0 Å². The van der Waals surface area contributed by atoms with Crippen molar-refractivity contribution in [2.45, 2.75) is 45.6 Å². The first kappa shape index (κ1) is 16.0. The lowest BCUT2D eigenvalue weighted by atomic mass is 9.92. The molecule has 0 aromatic carbocycles. The van der Waals surface area contributed by atoms with Crippen LogP contribution in [0.3, 0.4) is 0 Å². The minimum atomic E-state index is -0.496. The lowest BCUT2D eigenvalue weighted by Crippen LogP contribution is -2.46. The number of Topliss-reactive ketones (excluding diaryl/α,β-unsaturated/α-hetero) is 1. The number of piperidine rings is 1. The molecular weight excluding hydrogens is 246 g/mol. The van der Waals surface area contributed by atoms with Gasteiger partial charge in [0.2, 0.25) is 0 Å². The van der Waals surface area contributed by atoms with Crippen LogP contribution in [0.15, 0.2) is 0 Å². The van der Waals surface area contributed by atoms with Crippen LogP contribution >= 0.6 is 0 Å². The van der Waals surface area contributed by atoms with Crippen molar-refractivity contribution in [2.75, 3.05) is 26.8 Å².